The summed E-state index contributed by atoms with van der Waals surface area (Å²) in [6.07, 6.45) is -10.7. The molecule has 25 heavy (non-hydrogen) atoms. The number of aromatic nitrogens is 1. The number of halogens is 6. The maximum Gasteiger partial charge on any atom is 0.573 e. The molecule has 1 N–H and O–H groups in total. The van der Waals surface area contributed by atoms with Crippen molar-refractivity contribution in [2.45, 2.75) is 19.0 Å². The maximum atomic E-state index is 12.9. The molecule has 0 unspecified atom stereocenters. The summed E-state index contributed by atoms with van der Waals surface area (Å²) >= 11 is 0. The van der Waals surface area contributed by atoms with E-state index in [1.807, 2.05) is 0 Å². The molecule has 0 aliphatic carbocycles. The fourth-order valence-electron chi connectivity index (χ4n) is 2.06. The summed E-state index contributed by atoms with van der Waals surface area (Å²) in [6.45, 7) is 0. The normalized spacial score (nSPS) is 12.1. The van der Waals surface area contributed by atoms with Crippen molar-refractivity contribution in [2.75, 3.05) is 0 Å². The Morgan fingerprint density at radius 3 is 2.24 bits per heavy atom. The molecule has 0 bridgehead atoms. The Balaban J connectivity index is 2.65. The molecule has 0 amide bonds. The molecule has 0 saturated heterocycles. The fraction of sp³-hybridized carbons (Fsp3) is 0.200. The highest BCUT2D eigenvalue weighted by molar-refractivity contribution is 5.77. The molecular weight excluding hydrogens is 356 g/mol. The fourth-order valence-corrected chi connectivity index (χ4v) is 2.06. The Hall–Kier alpha value is -2.78. The molecule has 1 aromatic heterocycles. The van der Waals surface area contributed by atoms with Crippen LogP contribution in [0.4, 0.5) is 26.3 Å². The van der Waals surface area contributed by atoms with Gasteiger partial charge in [-0.2, -0.15) is 13.2 Å². The number of carboxylic acid groups (broad SMARTS) is 1. The largest absolute Gasteiger partial charge is 0.573 e. The van der Waals surface area contributed by atoms with E-state index in [2.05, 4.69) is 9.72 Å². The third kappa shape index (κ3) is 4.85. The number of pyridine rings is 1. The summed E-state index contributed by atoms with van der Waals surface area (Å²) in [4.78, 5) is 14.2. The standard InChI is InChI=1S/C15H9F6NO3/c16-14(17,18)11-6-5-8(7-12(23)24)13(22-11)9-3-1-2-4-10(9)25-15(19,20)21/h1-6H,7H2,(H,23,24). The number of aliphatic carboxylic acids is 1. The first-order valence-corrected chi connectivity index (χ1v) is 6.61. The molecule has 0 spiro atoms. The first-order valence-electron chi connectivity index (χ1n) is 6.61. The van der Waals surface area contributed by atoms with Gasteiger partial charge in [0.1, 0.15) is 11.4 Å². The number of carbonyl (C=O) groups is 1. The third-order valence-electron chi connectivity index (χ3n) is 2.98. The number of nitrogens with zero attached hydrogens (tertiary/aromatic N) is 1. The quantitative estimate of drug-likeness (QED) is 0.821. The first kappa shape index (κ1) is 18.6. The summed E-state index contributed by atoms with van der Waals surface area (Å²) in [5.41, 5.74) is -2.49. The molecule has 0 atom stereocenters. The van der Waals surface area contributed by atoms with Crippen LogP contribution in [0.25, 0.3) is 11.3 Å². The van der Waals surface area contributed by atoms with Gasteiger partial charge in [0.05, 0.1) is 12.1 Å². The second-order valence-electron chi connectivity index (χ2n) is 4.82. The van der Waals surface area contributed by atoms with Gasteiger partial charge in [0.2, 0.25) is 0 Å². The van der Waals surface area contributed by atoms with E-state index in [1.54, 1.807) is 0 Å². The zero-order valence-electron chi connectivity index (χ0n) is 12.1. The van der Waals surface area contributed by atoms with Gasteiger partial charge < -0.3 is 9.84 Å². The van der Waals surface area contributed by atoms with Crippen LogP contribution in [0.15, 0.2) is 36.4 Å². The summed E-state index contributed by atoms with van der Waals surface area (Å²) in [5, 5.41) is 8.86. The van der Waals surface area contributed by atoms with Crippen LogP contribution in [0.2, 0.25) is 0 Å². The van der Waals surface area contributed by atoms with Crippen molar-refractivity contribution in [3.05, 3.63) is 47.7 Å². The SMILES string of the molecule is O=C(O)Cc1ccc(C(F)(F)F)nc1-c1ccccc1OC(F)(F)F. The lowest BCUT2D eigenvalue weighted by molar-refractivity contribution is -0.274. The Kier molecular flexibility index (Phi) is 4.91. The number of carboxylic acids is 1. The Morgan fingerprint density at radius 2 is 1.68 bits per heavy atom. The van der Waals surface area contributed by atoms with Crippen molar-refractivity contribution < 1.29 is 41.0 Å². The molecule has 0 aliphatic rings. The lowest BCUT2D eigenvalue weighted by Crippen LogP contribution is -2.18. The molecule has 0 fully saturated rings. The van der Waals surface area contributed by atoms with E-state index in [-0.39, 0.29) is 5.56 Å². The number of ether oxygens (including phenoxy) is 1. The first-order chi connectivity index (χ1) is 11.5. The van der Waals surface area contributed by atoms with E-state index in [0.29, 0.717) is 6.07 Å². The number of alkyl halides is 6. The zero-order chi connectivity index (χ0) is 18.8. The number of para-hydroxylation sites is 1. The molecule has 0 aliphatic heterocycles. The van der Waals surface area contributed by atoms with Crippen LogP contribution in [0, 0.1) is 0 Å². The van der Waals surface area contributed by atoms with E-state index in [1.165, 1.54) is 12.1 Å². The molecule has 2 rings (SSSR count). The molecule has 2 aromatic rings. The Morgan fingerprint density at radius 1 is 1.04 bits per heavy atom. The average Bonchev–Trinajstić information content (AvgIpc) is 2.45. The minimum atomic E-state index is -5.08. The zero-order valence-corrected chi connectivity index (χ0v) is 12.1. The van der Waals surface area contributed by atoms with Crippen molar-refractivity contribution in [1.82, 2.24) is 4.98 Å². The highest BCUT2D eigenvalue weighted by Crippen LogP contribution is 2.37. The highest BCUT2D eigenvalue weighted by atomic mass is 19.4. The Labute approximate surface area is 136 Å². The molecule has 0 saturated carbocycles. The van der Waals surface area contributed by atoms with E-state index in [0.717, 1.165) is 18.2 Å². The third-order valence-corrected chi connectivity index (χ3v) is 2.98. The van der Waals surface area contributed by atoms with Crippen LogP contribution >= 0.6 is 0 Å². The van der Waals surface area contributed by atoms with E-state index >= 15 is 0 Å². The van der Waals surface area contributed by atoms with Crippen molar-refractivity contribution in [3.8, 4) is 17.0 Å². The molecule has 1 aromatic carbocycles. The van der Waals surface area contributed by atoms with Gasteiger partial charge in [0.15, 0.2) is 0 Å². The molecule has 10 heteroatoms. The van der Waals surface area contributed by atoms with Crippen LogP contribution in [-0.2, 0) is 17.4 Å². The number of hydrogen-bond donors (Lipinski definition) is 1. The number of benzene rings is 1. The van der Waals surface area contributed by atoms with Gasteiger partial charge in [-0.1, -0.05) is 18.2 Å². The highest BCUT2D eigenvalue weighted by Gasteiger charge is 2.35. The lowest BCUT2D eigenvalue weighted by Gasteiger charge is -2.16. The summed E-state index contributed by atoms with van der Waals surface area (Å²) < 4.78 is 79.9. The van der Waals surface area contributed by atoms with Crippen LogP contribution < -0.4 is 4.74 Å². The molecule has 1 heterocycles. The Bertz CT molecular complexity index is 786. The van der Waals surface area contributed by atoms with Crippen LogP contribution in [0.1, 0.15) is 11.3 Å². The van der Waals surface area contributed by atoms with Gasteiger partial charge in [-0.15, -0.1) is 13.2 Å². The smallest absolute Gasteiger partial charge is 0.481 e. The summed E-state index contributed by atoms with van der Waals surface area (Å²) in [6, 6.07) is 5.85. The van der Waals surface area contributed by atoms with Gasteiger partial charge in [0, 0.05) is 5.56 Å². The molecule has 4 nitrogen and oxygen atoms in total. The second-order valence-corrected chi connectivity index (χ2v) is 4.82. The van der Waals surface area contributed by atoms with Gasteiger partial charge in [-0.3, -0.25) is 4.79 Å². The number of hydrogen-bond acceptors (Lipinski definition) is 3. The average molecular weight is 365 g/mol. The topological polar surface area (TPSA) is 59.4 Å². The van der Waals surface area contributed by atoms with Crippen LogP contribution in [-0.4, -0.2) is 22.4 Å². The van der Waals surface area contributed by atoms with E-state index < -0.39 is 47.6 Å². The molecule has 0 radical (unpaired) electrons. The predicted octanol–water partition coefficient (Wildman–Crippen LogP) is 4.29. The second kappa shape index (κ2) is 6.61. The van der Waals surface area contributed by atoms with Crippen molar-refractivity contribution in [2.24, 2.45) is 0 Å². The maximum absolute atomic E-state index is 12.9. The van der Waals surface area contributed by atoms with Crippen molar-refractivity contribution in [1.29, 1.82) is 0 Å². The van der Waals surface area contributed by atoms with Crippen LogP contribution in [0.3, 0.4) is 0 Å². The molecule has 134 valence electrons. The van der Waals surface area contributed by atoms with Gasteiger partial charge in [-0.05, 0) is 23.8 Å². The van der Waals surface area contributed by atoms with Gasteiger partial charge >= 0.3 is 18.5 Å². The summed E-state index contributed by atoms with van der Waals surface area (Å²) in [7, 11) is 0. The predicted molar refractivity (Wildman–Crippen MR) is 72.7 cm³/mol. The lowest BCUT2D eigenvalue weighted by atomic mass is 10.0. The minimum absolute atomic E-state index is 0.182. The van der Waals surface area contributed by atoms with E-state index in [9.17, 15) is 31.1 Å². The monoisotopic (exact) mass is 365 g/mol. The van der Waals surface area contributed by atoms with Crippen molar-refractivity contribution in [3.63, 3.8) is 0 Å². The van der Waals surface area contributed by atoms with E-state index in [4.69, 9.17) is 5.11 Å². The minimum Gasteiger partial charge on any atom is -0.481 e. The molecular formula is C15H9F6NO3. The summed E-state index contributed by atoms with van der Waals surface area (Å²) in [5.74, 6) is -2.16. The van der Waals surface area contributed by atoms with Gasteiger partial charge in [-0.25, -0.2) is 4.98 Å². The van der Waals surface area contributed by atoms with Gasteiger partial charge in [0.25, 0.3) is 0 Å². The van der Waals surface area contributed by atoms with Crippen molar-refractivity contribution >= 4 is 5.97 Å². The number of rotatable bonds is 4. The van der Waals surface area contributed by atoms with Crippen LogP contribution in [0.5, 0.6) is 5.75 Å².